The number of furan rings is 1. The molecule has 24 heavy (non-hydrogen) atoms. The lowest BCUT2D eigenvalue weighted by Gasteiger charge is -2.15. The van der Waals surface area contributed by atoms with Crippen molar-refractivity contribution in [2.75, 3.05) is 5.32 Å². The minimum absolute atomic E-state index is 0.237. The summed E-state index contributed by atoms with van der Waals surface area (Å²) in [4.78, 5) is 18.5. The zero-order valence-corrected chi connectivity index (χ0v) is 15.9. The molecule has 2 aromatic heterocycles. The lowest BCUT2D eigenvalue weighted by molar-refractivity contribution is 0.0998. The number of thiazole rings is 1. The van der Waals surface area contributed by atoms with Crippen molar-refractivity contribution in [2.24, 2.45) is 5.92 Å². The Morgan fingerprint density at radius 2 is 2.29 bits per heavy atom. The normalized spacial score (nSPS) is 17.0. The van der Waals surface area contributed by atoms with Crippen LogP contribution < -0.4 is 5.32 Å². The van der Waals surface area contributed by atoms with Crippen molar-refractivity contribution in [1.29, 1.82) is 0 Å². The van der Waals surface area contributed by atoms with Crippen LogP contribution >= 0.6 is 27.3 Å². The van der Waals surface area contributed by atoms with Crippen LogP contribution in [0.5, 0.6) is 0 Å². The standard InChI is InChI=1S/C18H17BrN2O2S/c1-9-3-6-13-15(7-9)24-18(20-13)21-17(22)16-10(2)12-5-4-11(19)8-14(12)23-16/h4-5,8-9H,3,6-7H2,1-2H3,(H,20,21,22)/t9-/m1/s1. The highest BCUT2D eigenvalue weighted by Gasteiger charge is 2.23. The average molecular weight is 405 g/mol. The predicted octanol–water partition coefficient (Wildman–Crippen LogP) is 5.34. The molecule has 4 rings (SSSR count). The zero-order chi connectivity index (χ0) is 16.8. The van der Waals surface area contributed by atoms with Gasteiger partial charge in [0.05, 0.1) is 5.69 Å². The van der Waals surface area contributed by atoms with E-state index in [4.69, 9.17) is 4.42 Å². The van der Waals surface area contributed by atoms with Crippen molar-refractivity contribution in [1.82, 2.24) is 4.98 Å². The molecule has 1 amide bonds. The van der Waals surface area contributed by atoms with E-state index in [1.807, 2.05) is 25.1 Å². The number of carbonyl (C=O) groups is 1. The van der Waals surface area contributed by atoms with Gasteiger partial charge in [0.1, 0.15) is 5.58 Å². The summed E-state index contributed by atoms with van der Waals surface area (Å²) < 4.78 is 6.70. The average Bonchev–Trinajstić information content (AvgIpc) is 3.07. The third kappa shape index (κ3) is 2.78. The molecule has 3 aromatic rings. The van der Waals surface area contributed by atoms with Crippen molar-refractivity contribution in [2.45, 2.75) is 33.1 Å². The molecule has 6 heteroatoms. The Kier molecular flexibility index (Phi) is 3.96. The van der Waals surface area contributed by atoms with Crippen LogP contribution in [-0.4, -0.2) is 10.9 Å². The highest BCUT2D eigenvalue weighted by Crippen LogP contribution is 2.33. The van der Waals surface area contributed by atoms with Gasteiger partial charge in [-0.15, -0.1) is 11.3 Å². The molecule has 0 bridgehead atoms. The summed E-state index contributed by atoms with van der Waals surface area (Å²) in [5.74, 6) is 0.807. The molecule has 0 fully saturated rings. The van der Waals surface area contributed by atoms with E-state index in [1.54, 1.807) is 11.3 Å². The summed E-state index contributed by atoms with van der Waals surface area (Å²) in [6.07, 6.45) is 3.23. The van der Waals surface area contributed by atoms with Gasteiger partial charge < -0.3 is 4.42 Å². The summed E-state index contributed by atoms with van der Waals surface area (Å²) in [5, 5.41) is 4.53. The van der Waals surface area contributed by atoms with Gasteiger partial charge in [-0.3, -0.25) is 10.1 Å². The lowest BCUT2D eigenvalue weighted by atomic mass is 9.93. The minimum Gasteiger partial charge on any atom is -0.451 e. The Labute approximate surface area is 152 Å². The van der Waals surface area contributed by atoms with Crippen LogP contribution in [0.2, 0.25) is 0 Å². The number of carbonyl (C=O) groups excluding carboxylic acids is 1. The molecule has 0 aliphatic heterocycles. The molecular weight excluding hydrogens is 388 g/mol. The molecule has 1 aliphatic rings. The number of nitrogens with zero attached hydrogens (tertiary/aromatic N) is 1. The molecule has 0 spiro atoms. The van der Waals surface area contributed by atoms with Crippen LogP contribution in [0.3, 0.4) is 0 Å². The summed E-state index contributed by atoms with van der Waals surface area (Å²) in [5.41, 5.74) is 2.70. The number of fused-ring (bicyclic) bond motifs is 2. The summed E-state index contributed by atoms with van der Waals surface area (Å²) in [7, 11) is 0. The monoisotopic (exact) mass is 404 g/mol. The van der Waals surface area contributed by atoms with Crippen LogP contribution in [0.25, 0.3) is 11.0 Å². The molecule has 0 saturated carbocycles. The van der Waals surface area contributed by atoms with E-state index in [-0.39, 0.29) is 5.91 Å². The number of anilines is 1. The number of hydrogen-bond donors (Lipinski definition) is 1. The van der Waals surface area contributed by atoms with Gasteiger partial charge in [-0.1, -0.05) is 22.9 Å². The highest BCUT2D eigenvalue weighted by molar-refractivity contribution is 9.10. The smallest absolute Gasteiger partial charge is 0.293 e. The molecular formula is C18H17BrN2O2S. The molecule has 1 atom stereocenters. The number of amides is 1. The van der Waals surface area contributed by atoms with Gasteiger partial charge in [-0.25, -0.2) is 4.98 Å². The van der Waals surface area contributed by atoms with Crippen molar-refractivity contribution in [3.05, 3.63) is 44.6 Å². The maximum Gasteiger partial charge on any atom is 0.293 e. The van der Waals surface area contributed by atoms with E-state index in [1.165, 1.54) is 11.3 Å². The molecule has 0 radical (unpaired) electrons. The van der Waals surface area contributed by atoms with E-state index in [2.05, 4.69) is 33.2 Å². The predicted molar refractivity (Wildman–Crippen MR) is 99.9 cm³/mol. The number of rotatable bonds is 2. The molecule has 4 nitrogen and oxygen atoms in total. The van der Waals surface area contributed by atoms with Crippen LogP contribution in [0, 0.1) is 12.8 Å². The summed E-state index contributed by atoms with van der Waals surface area (Å²) in [6.45, 7) is 4.17. The van der Waals surface area contributed by atoms with E-state index in [9.17, 15) is 4.79 Å². The van der Waals surface area contributed by atoms with Crippen molar-refractivity contribution < 1.29 is 9.21 Å². The highest BCUT2D eigenvalue weighted by atomic mass is 79.9. The first-order valence-electron chi connectivity index (χ1n) is 8.00. The number of nitrogens with one attached hydrogen (secondary N) is 1. The number of hydrogen-bond acceptors (Lipinski definition) is 4. The first kappa shape index (κ1) is 15.8. The fourth-order valence-electron chi connectivity index (χ4n) is 3.16. The SMILES string of the molecule is Cc1c(C(=O)Nc2nc3c(s2)C[C@H](C)CC3)oc2cc(Br)ccc12. The van der Waals surface area contributed by atoms with Crippen molar-refractivity contribution >= 4 is 49.3 Å². The van der Waals surface area contributed by atoms with E-state index in [0.717, 1.165) is 34.0 Å². The second kappa shape index (κ2) is 6.01. The fourth-order valence-corrected chi connectivity index (χ4v) is 4.67. The molecule has 0 unspecified atom stereocenters. The van der Waals surface area contributed by atoms with Crippen LogP contribution in [0.4, 0.5) is 5.13 Å². The van der Waals surface area contributed by atoms with Gasteiger partial charge in [-0.2, -0.15) is 0 Å². The Balaban J connectivity index is 1.62. The van der Waals surface area contributed by atoms with Gasteiger partial charge >= 0.3 is 0 Å². The Hall–Kier alpha value is -1.66. The summed E-state index contributed by atoms with van der Waals surface area (Å²) >= 11 is 5.01. The topological polar surface area (TPSA) is 55.1 Å². The van der Waals surface area contributed by atoms with Crippen molar-refractivity contribution in [3.63, 3.8) is 0 Å². The van der Waals surface area contributed by atoms with Crippen LogP contribution in [-0.2, 0) is 12.8 Å². The number of aryl methyl sites for hydroxylation is 2. The zero-order valence-electron chi connectivity index (χ0n) is 13.5. The van der Waals surface area contributed by atoms with Gasteiger partial charge in [-0.05, 0) is 50.3 Å². The summed E-state index contributed by atoms with van der Waals surface area (Å²) in [6, 6.07) is 5.78. The Morgan fingerprint density at radius 3 is 3.12 bits per heavy atom. The number of aromatic nitrogens is 1. The maximum absolute atomic E-state index is 12.6. The third-order valence-corrected chi connectivity index (χ3v) is 6.04. The van der Waals surface area contributed by atoms with Gasteiger partial charge in [0.2, 0.25) is 0 Å². The molecule has 124 valence electrons. The first-order chi connectivity index (χ1) is 11.5. The minimum atomic E-state index is -0.237. The lowest BCUT2D eigenvalue weighted by Crippen LogP contribution is -2.12. The van der Waals surface area contributed by atoms with Gasteiger partial charge in [0.25, 0.3) is 5.91 Å². The maximum atomic E-state index is 12.6. The van der Waals surface area contributed by atoms with Crippen LogP contribution in [0.15, 0.2) is 27.1 Å². The third-order valence-electron chi connectivity index (χ3n) is 4.51. The van der Waals surface area contributed by atoms with Crippen molar-refractivity contribution in [3.8, 4) is 0 Å². The number of benzene rings is 1. The van der Waals surface area contributed by atoms with E-state index < -0.39 is 0 Å². The second-order valence-corrected chi connectivity index (χ2v) is 8.39. The molecule has 1 aromatic carbocycles. The molecule has 0 saturated heterocycles. The first-order valence-corrected chi connectivity index (χ1v) is 9.61. The van der Waals surface area contributed by atoms with E-state index in [0.29, 0.717) is 22.4 Å². The largest absolute Gasteiger partial charge is 0.451 e. The quantitative estimate of drug-likeness (QED) is 0.627. The van der Waals surface area contributed by atoms with Gasteiger partial charge in [0.15, 0.2) is 10.9 Å². The van der Waals surface area contributed by atoms with Crippen LogP contribution in [0.1, 0.15) is 40.0 Å². The van der Waals surface area contributed by atoms with Gasteiger partial charge in [0, 0.05) is 20.3 Å². The molecule has 1 aliphatic carbocycles. The Morgan fingerprint density at radius 1 is 1.46 bits per heavy atom. The molecule has 2 heterocycles. The fraction of sp³-hybridized carbons (Fsp3) is 0.333. The number of halogens is 1. The Bertz CT molecular complexity index is 944. The second-order valence-electron chi connectivity index (χ2n) is 6.39. The van der Waals surface area contributed by atoms with E-state index >= 15 is 0 Å². The molecule has 1 N–H and O–H groups in total.